The van der Waals surface area contributed by atoms with Crippen molar-refractivity contribution in [3.8, 4) is 0 Å². The molecule has 104 valence electrons. The average Bonchev–Trinajstić information content (AvgIpc) is 2.46. The first kappa shape index (κ1) is 14.7. The van der Waals surface area contributed by atoms with Crippen molar-refractivity contribution >= 4 is 0 Å². The molecule has 4 nitrogen and oxygen atoms in total. The number of nitrogens with one attached hydrogen (secondary N) is 2. The van der Waals surface area contributed by atoms with Crippen molar-refractivity contribution in [3.63, 3.8) is 0 Å². The largest absolute Gasteiger partial charge is 0.453 e. The molecule has 1 unspecified atom stereocenters. The fraction of sp³-hybridized carbons (Fsp3) is 0.667. The van der Waals surface area contributed by atoms with Crippen molar-refractivity contribution in [2.45, 2.75) is 38.0 Å². The summed E-state index contributed by atoms with van der Waals surface area (Å²) in [5, 5.41) is 13.7. The lowest BCUT2D eigenvalue weighted by molar-refractivity contribution is -0.290. The Balaban J connectivity index is 2.74. The summed E-state index contributed by atoms with van der Waals surface area (Å²) < 4.78 is 61.0. The van der Waals surface area contributed by atoms with E-state index in [0.29, 0.717) is 0 Å². The number of aliphatic hydroxyl groups is 1. The van der Waals surface area contributed by atoms with Crippen molar-refractivity contribution in [2.75, 3.05) is 0 Å². The van der Waals surface area contributed by atoms with E-state index in [1.165, 1.54) is 6.92 Å². The SMILES string of the molecule is Cc1[nH][nH]c(=O)c1CC(O)CC(F)(F)C(F)(F)F. The van der Waals surface area contributed by atoms with Crippen LogP contribution >= 0.6 is 0 Å². The van der Waals surface area contributed by atoms with E-state index < -0.39 is 36.6 Å². The minimum absolute atomic E-state index is 0.0412. The lowest BCUT2D eigenvalue weighted by Crippen LogP contribution is -2.40. The van der Waals surface area contributed by atoms with Crippen LogP contribution in [-0.4, -0.2) is 33.5 Å². The Morgan fingerprint density at radius 3 is 2.17 bits per heavy atom. The quantitative estimate of drug-likeness (QED) is 0.728. The summed E-state index contributed by atoms with van der Waals surface area (Å²) >= 11 is 0. The molecule has 9 heteroatoms. The van der Waals surface area contributed by atoms with Crippen molar-refractivity contribution in [1.29, 1.82) is 0 Å². The van der Waals surface area contributed by atoms with Crippen LogP contribution in [0.1, 0.15) is 17.7 Å². The highest BCUT2D eigenvalue weighted by Gasteiger charge is 2.57. The molecule has 0 bridgehead atoms. The number of alkyl halides is 5. The van der Waals surface area contributed by atoms with Crippen molar-refractivity contribution in [1.82, 2.24) is 10.2 Å². The Kier molecular flexibility index (Phi) is 3.84. The van der Waals surface area contributed by atoms with Gasteiger partial charge in [0.1, 0.15) is 0 Å². The molecular formula is C9H11F5N2O2. The fourth-order valence-corrected chi connectivity index (χ4v) is 1.44. The summed E-state index contributed by atoms with van der Waals surface area (Å²) in [7, 11) is 0. The molecule has 3 N–H and O–H groups in total. The van der Waals surface area contributed by atoms with Gasteiger partial charge in [0.15, 0.2) is 0 Å². The molecule has 1 aromatic heterocycles. The van der Waals surface area contributed by atoms with Crippen LogP contribution in [0.3, 0.4) is 0 Å². The fourth-order valence-electron chi connectivity index (χ4n) is 1.44. The Labute approximate surface area is 97.8 Å². The Bertz CT molecular complexity index is 462. The molecule has 0 radical (unpaired) electrons. The van der Waals surface area contributed by atoms with Crippen LogP contribution in [0.25, 0.3) is 0 Å². The first-order valence-corrected chi connectivity index (χ1v) is 4.93. The second kappa shape index (κ2) is 4.71. The molecule has 1 aromatic rings. The first-order chi connectivity index (χ1) is 8.04. The molecule has 0 aliphatic rings. The number of H-pyrrole nitrogens is 2. The second-order valence-corrected chi connectivity index (χ2v) is 3.95. The zero-order chi connectivity index (χ0) is 14.1. The topological polar surface area (TPSA) is 68.9 Å². The van der Waals surface area contributed by atoms with Gasteiger partial charge in [0.05, 0.1) is 6.10 Å². The van der Waals surface area contributed by atoms with E-state index in [2.05, 4.69) is 10.2 Å². The Morgan fingerprint density at radius 1 is 1.22 bits per heavy atom. The molecule has 0 aromatic carbocycles. The van der Waals surface area contributed by atoms with Gasteiger partial charge in [-0.05, 0) is 6.92 Å². The molecular weight excluding hydrogens is 263 g/mol. The smallest absolute Gasteiger partial charge is 0.393 e. The van der Waals surface area contributed by atoms with Gasteiger partial charge in [-0.3, -0.25) is 9.89 Å². The number of hydrogen-bond acceptors (Lipinski definition) is 2. The van der Waals surface area contributed by atoms with Gasteiger partial charge in [0, 0.05) is 24.1 Å². The van der Waals surface area contributed by atoms with Gasteiger partial charge in [-0.1, -0.05) is 0 Å². The maximum absolute atomic E-state index is 12.6. The molecule has 0 amide bonds. The third-order valence-electron chi connectivity index (χ3n) is 2.44. The van der Waals surface area contributed by atoms with Crippen LogP contribution in [0, 0.1) is 6.92 Å². The standard InChI is InChI=1S/C9H11F5N2O2/c1-4-6(7(18)16-15-4)2-5(17)3-8(10,11)9(12,13)14/h5,17H,2-3H2,1H3,(H2,15,16,18). The van der Waals surface area contributed by atoms with Crippen LogP contribution in [0.15, 0.2) is 4.79 Å². The second-order valence-electron chi connectivity index (χ2n) is 3.95. The lowest BCUT2D eigenvalue weighted by atomic mass is 10.0. The molecule has 0 aliphatic heterocycles. The van der Waals surface area contributed by atoms with Crippen LogP contribution in [0.2, 0.25) is 0 Å². The monoisotopic (exact) mass is 274 g/mol. The van der Waals surface area contributed by atoms with E-state index in [-0.39, 0.29) is 11.3 Å². The van der Waals surface area contributed by atoms with Gasteiger partial charge in [-0.15, -0.1) is 0 Å². The molecule has 0 aliphatic carbocycles. The minimum atomic E-state index is -5.71. The maximum Gasteiger partial charge on any atom is 0.453 e. The van der Waals surface area contributed by atoms with Crippen molar-refractivity contribution in [3.05, 3.63) is 21.6 Å². The summed E-state index contributed by atoms with van der Waals surface area (Å²) in [4.78, 5) is 11.1. The predicted molar refractivity (Wildman–Crippen MR) is 51.5 cm³/mol. The first-order valence-electron chi connectivity index (χ1n) is 4.93. The Hall–Kier alpha value is -1.38. The third-order valence-corrected chi connectivity index (χ3v) is 2.44. The Morgan fingerprint density at radius 2 is 1.78 bits per heavy atom. The summed E-state index contributed by atoms with van der Waals surface area (Å²) in [5.74, 6) is -4.98. The van der Waals surface area contributed by atoms with Crippen LogP contribution in [0.4, 0.5) is 22.0 Å². The number of rotatable bonds is 4. The van der Waals surface area contributed by atoms with E-state index in [4.69, 9.17) is 0 Å². The zero-order valence-electron chi connectivity index (χ0n) is 9.24. The van der Waals surface area contributed by atoms with E-state index in [1.807, 2.05) is 0 Å². The molecule has 0 saturated heterocycles. The number of aromatic nitrogens is 2. The molecule has 1 heterocycles. The summed E-state index contributed by atoms with van der Waals surface area (Å²) in [6.07, 6.45) is -10.0. The molecule has 0 fully saturated rings. The number of aliphatic hydroxyl groups excluding tert-OH is 1. The molecule has 18 heavy (non-hydrogen) atoms. The zero-order valence-corrected chi connectivity index (χ0v) is 9.24. The third kappa shape index (κ3) is 3.09. The lowest BCUT2D eigenvalue weighted by Gasteiger charge is -2.22. The van der Waals surface area contributed by atoms with Crippen LogP contribution < -0.4 is 5.56 Å². The highest BCUT2D eigenvalue weighted by atomic mass is 19.4. The average molecular weight is 274 g/mol. The number of halogens is 5. The minimum Gasteiger partial charge on any atom is -0.393 e. The van der Waals surface area contributed by atoms with E-state index in [0.717, 1.165) is 0 Å². The summed E-state index contributed by atoms with van der Waals surface area (Å²) in [5.41, 5.74) is -0.406. The van der Waals surface area contributed by atoms with E-state index >= 15 is 0 Å². The van der Waals surface area contributed by atoms with Gasteiger partial charge in [-0.2, -0.15) is 22.0 Å². The predicted octanol–water partition coefficient (Wildman–Crippen LogP) is 1.50. The normalized spacial score (nSPS) is 14.8. The van der Waals surface area contributed by atoms with Gasteiger partial charge in [-0.25, -0.2) is 0 Å². The molecule has 0 spiro atoms. The number of hydrogen-bond donors (Lipinski definition) is 3. The molecule has 0 saturated carbocycles. The number of aromatic amines is 2. The van der Waals surface area contributed by atoms with Crippen molar-refractivity contribution < 1.29 is 27.1 Å². The van der Waals surface area contributed by atoms with Gasteiger partial charge in [0.2, 0.25) is 0 Å². The van der Waals surface area contributed by atoms with Crippen LogP contribution in [-0.2, 0) is 6.42 Å². The van der Waals surface area contributed by atoms with E-state index in [9.17, 15) is 31.9 Å². The summed E-state index contributed by atoms with van der Waals surface area (Å²) in [6, 6.07) is 0. The maximum atomic E-state index is 12.6. The highest BCUT2D eigenvalue weighted by Crippen LogP contribution is 2.39. The van der Waals surface area contributed by atoms with Gasteiger partial charge < -0.3 is 10.2 Å². The van der Waals surface area contributed by atoms with Crippen LogP contribution in [0.5, 0.6) is 0 Å². The highest BCUT2D eigenvalue weighted by molar-refractivity contribution is 5.15. The molecule has 1 rings (SSSR count). The van der Waals surface area contributed by atoms with Gasteiger partial charge in [0.25, 0.3) is 5.56 Å². The molecule has 1 atom stereocenters. The van der Waals surface area contributed by atoms with Crippen molar-refractivity contribution in [2.24, 2.45) is 0 Å². The number of aryl methyl sites for hydroxylation is 1. The summed E-state index contributed by atoms with van der Waals surface area (Å²) in [6.45, 7) is 1.43. The van der Waals surface area contributed by atoms with E-state index in [1.54, 1.807) is 0 Å². The van der Waals surface area contributed by atoms with Gasteiger partial charge >= 0.3 is 12.1 Å².